The largest absolute Gasteiger partial charge is 0.456 e. The maximum absolute atomic E-state index is 12.7. The van der Waals surface area contributed by atoms with E-state index in [0.717, 1.165) is 18.4 Å². The van der Waals surface area contributed by atoms with Crippen LogP contribution in [0.25, 0.3) is 0 Å². The molecule has 0 heterocycles. The molecule has 0 aliphatic carbocycles. The summed E-state index contributed by atoms with van der Waals surface area (Å²) in [5.74, 6) is -0.141. The molecule has 5 heteroatoms. The first-order valence-electron chi connectivity index (χ1n) is 10.7. The van der Waals surface area contributed by atoms with Gasteiger partial charge in [0.2, 0.25) is 0 Å². The summed E-state index contributed by atoms with van der Waals surface area (Å²) in [6.07, 6.45) is 12.4. The molecule has 0 saturated heterocycles. The summed E-state index contributed by atoms with van der Waals surface area (Å²) in [6.45, 7) is 2.48. The third-order valence-electron chi connectivity index (χ3n) is 5.15. The van der Waals surface area contributed by atoms with Crippen LogP contribution in [0, 0.1) is 0 Å². The van der Waals surface area contributed by atoms with Crippen molar-refractivity contribution in [3.05, 3.63) is 33.8 Å². The van der Waals surface area contributed by atoms with Crippen molar-refractivity contribution in [1.82, 2.24) is 0 Å². The molecule has 1 aromatic carbocycles. The summed E-state index contributed by atoms with van der Waals surface area (Å²) >= 11 is 12.0. The first-order chi connectivity index (χ1) is 13.3. The quantitative estimate of drug-likeness (QED) is 0.180. The number of carbonyl (C=O) groups excluding carboxylic acids is 1. The first-order valence-corrected chi connectivity index (χ1v) is 11.4. The third kappa shape index (κ3) is 10.1. The van der Waals surface area contributed by atoms with Gasteiger partial charge in [-0.05, 0) is 24.1 Å². The standard InChI is InChI=1S/C23H38Cl2NO2/c1-5-6-7-8-9-10-11-12-13-14-22(26(2,3)4)23(27)28-18-19-15-16-20(24)21(25)17-19/h15-17,22H,5-14,18H2,1-4H3/q+1/t22-/m1/s1. The maximum Gasteiger partial charge on any atom is 0.365 e. The zero-order chi connectivity index (χ0) is 21.0. The zero-order valence-electron chi connectivity index (χ0n) is 18.1. The highest BCUT2D eigenvalue weighted by molar-refractivity contribution is 6.42. The van der Waals surface area contributed by atoms with E-state index in [2.05, 4.69) is 28.1 Å². The van der Waals surface area contributed by atoms with Gasteiger partial charge in [-0.25, -0.2) is 4.79 Å². The predicted octanol–water partition coefficient (Wildman–Crippen LogP) is 7.03. The highest BCUT2D eigenvalue weighted by Gasteiger charge is 2.32. The molecule has 28 heavy (non-hydrogen) atoms. The first kappa shape index (κ1) is 25.3. The monoisotopic (exact) mass is 430 g/mol. The van der Waals surface area contributed by atoms with Crippen molar-refractivity contribution in [2.24, 2.45) is 0 Å². The molecule has 1 rings (SSSR count). The van der Waals surface area contributed by atoms with E-state index in [1.807, 2.05) is 6.07 Å². The minimum atomic E-state index is -0.146. The summed E-state index contributed by atoms with van der Waals surface area (Å²) in [5.41, 5.74) is 0.853. The van der Waals surface area contributed by atoms with Crippen LogP contribution in [0.4, 0.5) is 0 Å². The molecule has 0 spiro atoms. The van der Waals surface area contributed by atoms with Crippen LogP contribution in [0.2, 0.25) is 10.0 Å². The SMILES string of the molecule is CCCCCCCCCCC[C@H](C(=O)OCc1ccc(Cl)c(Cl)c1)[N+](C)(C)C. The van der Waals surface area contributed by atoms with Gasteiger partial charge in [-0.2, -0.15) is 0 Å². The number of esters is 1. The topological polar surface area (TPSA) is 26.3 Å². The van der Waals surface area contributed by atoms with E-state index in [0.29, 0.717) is 14.5 Å². The predicted molar refractivity (Wildman–Crippen MR) is 120 cm³/mol. The van der Waals surface area contributed by atoms with Crippen molar-refractivity contribution in [3.63, 3.8) is 0 Å². The Hall–Kier alpha value is -0.770. The molecule has 0 bridgehead atoms. The molecule has 0 aliphatic rings. The van der Waals surface area contributed by atoms with Crippen LogP contribution in [0.3, 0.4) is 0 Å². The molecular weight excluding hydrogens is 393 g/mol. The van der Waals surface area contributed by atoms with Crippen LogP contribution in [0.15, 0.2) is 18.2 Å². The molecule has 0 unspecified atom stereocenters. The minimum absolute atomic E-state index is 0.141. The molecule has 160 valence electrons. The van der Waals surface area contributed by atoms with Gasteiger partial charge in [0.15, 0.2) is 6.04 Å². The average Bonchev–Trinajstić information content (AvgIpc) is 2.63. The molecular formula is C23H38Cl2NO2+. The van der Waals surface area contributed by atoms with Crippen molar-refractivity contribution in [2.45, 2.75) is 83.8 Å². The lowest BCUT2D eigenvalue weighted by Gasteiger charge is -2.32. The second kappa shape index (κ2) is 13.5. The Labute approximate surface area is 181 Å². The van der Waals surface area contributed by atoms with Gasteiger partial charge in [0.25, 0.3) is 0 Å². The van der Waals surface area contributed by atoms with E-state index in [9.17, 15) is 4.79 Å². The molecule has 3 nitrogen and oxygen atoms in total. The van der Waals surface area contributed by atoms with Crippen LogP contribution >= 0.6 is 23.2 Å². The Kier molecular flexibility index (Phi) is 12.1. The Balaban J connectivity index is 2.37. The molecule has 0 N–H and O–H groups in total. The Bertz CT molecular complexity index is 584. The number of quaternary nitrogens is 1. The number of ether oxygens (including phenoxy) is 1. The lowest BCUT2D eigenvalue weighted by atomic mass is 10.0. The van der Waals surface area contributed by atoms with E-state index in [1.165, 1.54) is 51.4 Å². The Morgan fingerprint density at radius 2 is 1.50 bits per heavy atom. The summed E-state index contributed by atoms with van der Waals surface area (Å²) in [4.78, 5) is 12.7. The molecule has 0 amide bonds. The van der Waals surface area contributed by atoms with Crippen molar-refractivity contribution >= 4 is 29.2 Å². The van der Waals surface area contributed by atoms with Crippen molar-refractivity contribution < 1.29 is 14.0 Å². The van der Waals surface area contributed by atoms with E-state index in [4.69, 9.17) is 27.9 Å². The number of hydrogen-bond donors (Lipinski definition) is 0. The molecule has 0 radical (unpaired) electrons. The molecule has 0 aromatic heterocycles. The van der Waals surface area contributed by atoms with E-state index < -0.39 is 0 Å². The fourth-order valence-electron chi connectivity index (χ4n) is 3.35. The second-order valence-electron chi connectivity index (χ2n) is 8.61. The van der Waals surface area contributed by atoms with Gasteiger partial charge < -0.3 is 9.22 Å². The van der Waals surface area contributed by atoms with Crippen molar-refractivity contribution in [1.29, 1.82) is 0 Å². The van der Waals surface area contributed by atoms with Crippen LogP contribution < -0.4 is 0 Å². The number of carbonyl (C=O) groups is 1. The lowest BCUT2D eigenvalue weighted by molar-refractivity contribution is -0.887. The third-order valence-corrected chi connectivity index (χ3v) is 5.89. The van der Waals surface area contributed by atoms with Crippen LogP contribution in [0.1, 0.15) is 76.7 Å². The number of likely N-dealkylation sites (N-methyl/N-ethyl adjacent to an activating group) is 1. The number of unbranched alkanes of at least 4 members (excludes halogenated alkanes) is 8. The number of nitrogens with zero attached hydrogens (tertiary/aromatic N) is 1. The van der Waals surface area contributed by atoms with Gasteiger partial charge in [-0.1, -0.05) is 87.6 Å². The van der Waals surface area contributed by atoms with Crippen LogP contribution in [-0.4, -0.2) is 37.6 Å². The number of rotatable bonds is 14. The van der Waals surface area contributed by atoms with Gasteiger partial charge in [0, 0.05) is 6.42 Å². The van der Waals surface area contributed by atoms with Gasteiger partial charge in [0.05, 0.1) is 31.2 Å². The van der Waals surface area contributed by atoms with Gasteiger partial charge >= 0.3 is 5.97 Å². The summed E-state index contributed by atoms with van der Waals surface area (Å²) in [6, 6.07) is 5.17. The zero-order valence-corrected chi connectivity index (χ0v) is 19.6. The van der Waals surface area contributed by atoms with Crippen LogP contribution in [0.5, 0.6) is 0 Å². The highest BCUT2D eigenvalue weighted by atomic mass is 35.5. The fourth-order valence-corrected chi connectivity index (χ4v) is 3.67. The number of benzene rings is 1. The van der Waals surface area contributed by atoms with Gasteiger partial charge in [-0.15, -0.1) is 0 Å². The maximum atomic E-state index is 12.7. The van der Waals surface area contributed by atoms with Crippen molar-refractivity contribution in [2.75, 3.05) is 21.1 Å². The summed E-state index contributed by atoms with van der Waals surface area (Å²) in [5, 5.41) is 0.986. The van der Waals surface area contributed by atoms with E-state index in [1.54, 1.807) is 12.1 Å². The molecule has 1 aromatic rings. The average molecular weight is 431 g/mol. The van der Waals surface area contributed by atoms with Crippen molar-refractivity contribution in [3.8, 4) is 0 Å². The smallest absolute Gasteiger partial charge is 0.365 e. The van der Waals surface area contributed by atoms with E-state index in [-0.39, 0.29) is 18.6 Å². The van der Waals surface area contributed by atoms with Gasteiger partial charge in [0.1, 0.15) is 6.61 Å². The minimum Gasteiger partial charge on any atom is -0.456 e. The number of halogens is 2. The normalized spacial score (nSPS) is 12.8. The van der Waals surface area contributed by atoms with Gasteiger partial charge in [-0.3, -0.25) is 0 Å². The summed E-state index contributed by atoms with van der Waals surface area (Å²) < 4.78 is 6.17. The molecule has 0 fully saturated rings. The number of hydrogen-bond acceptors (Lipinski definition) is 2. The Morgan fingerprint density at radius 3 is 2.04 bits per heavy atom. The Morgan fingerprint density at radius 1 is 0.929 bits per heavy atom. The molecule has 0 saturated carbocycles. The van der Waals surface area contributed by atoms with Crippen LogP contribution in [-0.2, 0) is 16.1 Å². The summed E-state index contributed by atoms with van der Waals surface area (Å²) in [7, 11) is 6.16. The lowest BCUT2D eigenvalue weighted by Crippen LogP contribution is -2.50. The fraction of sp³-hybridized carbons (Fsp3) is 0.696. The highest BCUT2D eigenvalue weighted by Crippen LogP contribution is 2.23. The molecule has 1 atom stereocenters. The second-order valence-corrected chi connectivity index (χ2v) is 9.42. The van der Waals surface area contributed by atoms with E-state index >= 15 is 0 Å². The molecule has 0 aliphatic heterocycles.